The second-order valence-electron chi connectivity index (χ2n) is 6.12. The molecular formula is C21H22N4O4S. The molecule has 0 bridgehead atoms. The molecule has 0 N–H and O–H groups in total. The third-order valence-corrected chi connectivity index (χ3v) is 5.20. The van der Waals surface area contributed by atoms with E-state index in [1.165, 1.54) is 0 Å². The van der Waals surface area contributed by atoms with Crippen molar-refractivity contribution in [2.45, 2.75) is 30.8 Å². The summed E-state index contributed by atoms with van der Waals surface area (Å²) in [5.41, 5.74) is 1.85. The van der Waals surface area contributed by atoms with Crippen molar-refractivity contribution in [2.75, 3.05) is 13.2 Å². The summed E-state index contributed by atoms with van der Waals surface area (Å²) in [6.07, 6.45) is 3.34. The van der Waals surface area contributed by atoms with Crippen molar-refractivity contribution in [2.24, 2.45) is 0 Å². The van der Waals surface area contributed by atoms with Gasteiger partial charge in [0.25, 0.3) is 0 Å². The topological polar surface area (TPSA) is 96.2 Å². The molecule has 156 valence electrons. The monoisotopic (exact) mass is 426 g/mol. The van der Waals surface area contributed by atoms with E-state index in [1.807, 2.05) is 47.0 Å². The Bertz CT molecular complexity index is 961. The molecule has 3 aromatic rings. The third kappa shape index (κ3) is 5.24. The van der Waals surface area contributed by atoms with Crippen molar-refractivity contribution in [3.8, 4) is 11.4 Å². The average molecular weight is 426 g/mol. The molecule has 0 unspecified atom stereocenters. The molecule has 30 heavy (non-hydrogen) atoms. The summed E-state index contributed by atoms with van der Waals surface area (Å²) in [4.78, 5) is 28.8. The molecule has 0 atom stereocenters. The van der Waals surface area contributed by atoms with Crippen LogP contribution in [0, 0.1) is 0 Å². The molecule has 8 nitrogen and oxygen atoms in total. The van der Waals surface area contributed by atoms with Gasteiger partial charge in [-0.1, -0.05) is 42.1 Å². The Morgan fingerprint density at radius 1 is 0.967 bits per heavy atom. The Morgan fingerprint density at radius 2 is 1.60 bits per heavy atom. The number of esters is 2. The summed E-state index contributed by atoms with van der Waals surface area (Å²) in [7, 11) is 0. The van der Waals surface area contributed by atoms with Gasteiger partial charge in [0, 0.05) is 18.0 Å². The zero-order valence-electron chi connectivity index (χ0n) is 16.7. The number of ether oxygens (including phenoxy) is 2. The lowest BCUT2D eigenvalue weighted by Gasteiger charge is -2.15. The molecule has 0 saturated carbocycles. The van der Waals surface area contributed by atoms with Gasteiger partial charge < -0.3 is 9.47 Å². The second-order valence-corrected chi connectivity index (χ2v) is 7.19. The Balaban J connectivity index is 1.99. The van der Waals surface area contributed by atoms with E-state index in [1.54, 1.807) is 26.2 Å². The quantitative estimate of drug-likeness (QED) is 0.293. The van der Waals surface area contributed by atoms with Gasteiger partial charge in [-0.3, -0.25) is 19.1 Å². The molecule has 0 aliphatic heterocycles. The van der Waals surface area contributed by atoms with Crippen LogP contribution in [0.2, 0.25) is 0 Å². The van der Waals surface area contributed by atoms with Crippen molar-refractivity contribution in [1.82, 2.24) is 19.7 Å². The molecule has 2 aromatic heterocycles. The number of rotatable bonds is 9. The lowest BCUT2D eigenvalue weighted by atomic mass is 10.2. The van der Waals surface area contributed by atoms with Crippen molar-refractivity contribution >= 4 is 23.7 Å². The number of thioether (sulfide) groups is 1. The predicted octanol–water partition coefficient (Wildman–Crippen LogP) is 2.98. The van der Waals surface area contributed by atoms with Crippen molar-refractivity contribution in [3.63, 3.8) is 0 Å². The number of nitrogens with zero attached hydrogens (tertiary/aromatic N) is 4. The molecule has 0 fully saturated rings. The number of aromatic nitrogens is 4. The first-order valence-electron chi connectivity index (χ1n) is 9.51. The molecule has 2 heterocycles. The van der Waals surface area contributed by atoms with Crippen molar-refractivity contribution in [1.29, 1.82) is 0 Å². The Hall–Kier alpha value is -3.20. The summed E-state index contributed by atoms with van der Waals surface area (Å²) in [6, 6.07) is 13.4. The van der Waals surface area contributed by atoms with Crippen LogP contribution in [0.25, 0.3) is 11.4 Å². The molecule has 9 heteroatoms. The predicted molar refractivity (Wildman–Crippen MR) is 112 cm³/mol. The standard InChI is InChI=1S/C21H22N4O4S/c1-3-28-19(26)17(20(27)29-4-2)30-21-24-23-18(16-10-12-22-13-11-16)25(21)14-15-8-6-5-7-9-15/h5-13,17H,3-4,14H2,1-2H3. The summed E-state index contributed by atoms with van der Waals surface area (Å²) >= 11 is 0.971. The van der Waals surface area contributed by atoms with Gasteiger partial charge in [0.05, 0.1) is 19.8 Å². The fraction of sp³-hybridized carbons (Fsp3) is 0.286. The van der Waals surface area contributed by atoms with Crippen LogP contribution in [0.4, 0.5) is 0 Å². The molecule has 0 spiro atoms. The molecular weight excluding hydrogens is 404 g/mol. The van der Waals surface area contributed by atoms with Gasteiger partial charge in [-0.15, -0.1) is 10.2 Å². The van der Waals surface area contributed by atoms with E-state index < -0.39 is 17.2 Å². The van der Waals surface area contributed by atoms with E-state index in [-0.39, 0.29) is 13.2 Å². The van der Waals surface area contributed by atoms with Crippen LogP contribution in [0.5, 0.6) is 0 Å². The molecule has 3 rings (SSSR count). The maximum atomic E-state index is 12.4. The first-order chi connectivity index (χ1) is 14.6. The van der Waals surface area contributed by atoms with Crippen LogP contribution >= 0.6 is 11.8 Å². The molecule has 0 amide bonds. The highest BCUT2D eigenvalue weighted by Crippen LogP contribution is 2.29. The van der Waals surface area contributed by atoms with Crippen LogP contribution in [0.1, 0.15) is 19.4 Å². The Morgan fingerprint density at radius 3 is 2.20 bits per heavy atom. The normalized spacial score (nSPS) is 10.8. The maximum absolute atomic E-state index is 12.4. The Kier molecular flexibility index (Phi) is 7.56. The average Bonchev–Trinajstić information content (AvgIpc) is 3.15. The SMILES string of the molecule is CCOC(=O)C(Sc1nnc(-c2ccncc2)n1Cc1ccccc1)C(=O)OCC. The van der Waals surface area contributed by atoms with Gasteiger partial charge in [0.1, 0.15) is 0 Å². The molecule has 1 aromatic carbocycles. The minimum atomic E-state index is -1.19. The van der Waals surface area contributed by atoms with Gasteiger partial charge in [0.2, 0.25) is 5.25 Å². The number of carbonyl (C=O) groups is 2. The number of hydrogen-bond acceptors (Lipinski definition) is 8. The van der Waals surface area contributed by atoms with E-state index in [2.05, 4.69) is 15.2 Å². The lowest BCUT2D eigenvalue weighted by Crippen LogP contribution is -2.31. The van der Waals surface area contributed by atoms with Gasteiger partial charge in [-0.2, -0.15) is 0 Å². The number of hydrogen-bond donors (Lipinski definition) is 0. The number of carbonyl (C=O) groups excluding carboxylic acids is 2. The molecule has 0 radical (unpaired) electrons. The Labute approximate surface area is 178 Å². The summed E-state index contributed by atoms with van der Waals surface area (Å²) < 4.78 is 12.0. The maximum Gasteiger partial charge on any atom is 0.331 e. The first-order valence-corrected chi connectivity index (χ1v) is 10.4. The van der Waals surface area contributed by atoms with E-state index in [4.69, 9.17) is 9.47 Å². The van der Waals surface area contributed by atoms with Crippen LogP contribution < -0.4 is 0 Å². The van der Waals surface area contributed by atoms with E-state index in [0.29, 0.717) is 17.5 Å². The summed E-state index contributed by atoms with van der Waals surface area (Å²) in [6.45, 7) is 4.16. The third-order valence-electron chi connectivity index (χ3n) is 4.06. The smallest absolute Gasteiger partial charge is 0.331 e. The number of pyridine rings is 1. The molecule has 0 saturated heterocycles. The van der Waals surface area contributed by atoms with Crippen LogP contribution in [0.3, 0.4) is 0 Å². The van der Waals surface area contributed by atoms with E-state index in [9.17, 15) is 9.59 Å². The van der Waals surface area contributed by atoms with Gasteiger partial charge in [-0.25, -0.2) is 0 Å². The van der Waals surface area contributed by atoms with E-state index in [0.717, 1.165) is 22.9 Å². The molecule has 0 aliphatic rings. The fourth-order valence-electron chi connectivity index (χ4n) is 2.73. The summed E-state index contributed by atoms with van der Waals surface area (Å²) in [5, 5.41) is 7.79. The highest BCUT2D eigenvalue weighted by molar-refractivity contribution is 8.01. The lowest BCUT2D eigenvalue weighted by molar-refractivity contribution is -0.152. The van der Waals surface area contributed by atoms with Crippen LogP contribution in [-0.4, -0.2) is 50.2 Å². The number of benzene rings is 1. The highest BCUT2D eigenvalue weighted by atomic mass is 32.2. The van der Waals surface area contributed by atoms with Gasteiger partial charge >= 0.3 is 11.9 Å². The van der Waals surface area contributed by atoms with Crippen LogP contribution in [-0.2, 0) is 25.6 Å². The van der Waals surface area contributed by atoms with Gasteiger partial charge in [-0.05, 0) is 31.5 Å². The van der Waals surface area contributed by atoms with E-state index >= 15 is 0 Å². The second kappa shape index (κ2) is 10.5. The molecule has 0 aliphatic carbocycles. The van der Waals surface area contributed by atoms with Crippen molar-refractivity contribution in [3.05, 3.63) is 60.4 Å². The zero-order chi connectivity index (χ0) is 21.3. The highest BCUT2D eigenvalue weighted by Gasteiger charge is 2.33. The van der Waals surface area contributed by atoms with Crippen molar-refractivity contribution < 1.29 is 19.1 Å². The summed E-state index contributed by atoms with van der Waals surface area (Å²) in [5.74, 6) is -0.725. The first kappa shape index (κ1) is 21.5. The van der Waals surface area contributed by atoms with Gasteiger partial charge in [0.15, 0.2) is 11.0 Å². The minimum absolute atomic E-state index is 0.161. The van der Waals surface area contributed by atoms with Crippen LogP contribution in [0.15, 0.2) is 60.0 Å². The zero-order valence-corrected chi connectivity index (χ0v) is 17.5. The minimum Gasteiger partial charge on any atom is -0.465 e. The largest absolute Gasteiger partial charge is 0.465 e. The fourth-order valence-corrected chi connectivity index (χ4v) is 3.64.